The van der Waals surface area contributed by atoms with E-state index in [1.165, 1.54) is 12.1 Å². The number of carbonyl (C=O) groups excluding carboxylic acids is 1. The first kappa shape index (κ1) is 20.6. The monoisotopic (exact) mass is 366 g/mol. The molecule has 2 rings (SSSR count). The number of para-hydroxylation sites is 1. The molecule has 0 radical (unpaired) electrons. The highest BCUT2D eigenvalue weighted by atomic mass is 35.5. The number of amides is 1. The number of nitrogens with one attached hydrogen (secondary N) is 2. The van der Waals surface area contributed by atoms with Crippen molar-refractivity contribution < 1.29 is 22.7 Å². The largest absolute Gasteiger partial charge is 0.573 e. The molecule has 0 aliphatic carbocycles. The molecule has 1 aliphatic rings. The van der Waals surface area contributed by atoms with Crippen molar-refractivity contribution in [2.45, 2.75) is 38.6 Å². The summed E-state index contributed by atoms with van der Waals surface area (Å²) in [6, 6.07) is 6.29. The van der Waals surface area contributed by atoms with Crippen molar-refractivity contribution in [1.29, 1.82) is 0 Å². The van der Waals surface area contributed by atoms with Crippen molar-refractivity contribution in [3.63, 3.8) is 0 Å². The molecule has 0 bridgehead atoms. The van der Waals surface area contributed by atoms with Crippen LogP contribution in [-0.4, -0.2) is 31.4 Å². The van der Waals surface area contributed by atoms with Crippen molar-refractivity contribution in [3.05, 3.63) is 29.8 Å². The fourth-order valence-corrected chi connectivity index (χ4v) is 2.77. The molecule has 8 heteroatoms. The van der Waals surface area contributed by atoms with Crippen LogP contribution in [0.4, 0.5) is 13.2 Å². The maximum absolute atomic E-state index is 12.4. The number of rotatable bonds is 5. The van der Waals surface area contributed by atoms with Gasteiger partial charge >= 0.3 is 6.36 Å². The quantitative estimate of drug-likeness (QED) is 0.842. The Morgan fingerprint density at radius 1 is 1.38 bits per heavy atom. The third-order valence-electron chi connectivity index (χ3n) is 3.89. The molecule has 1 fully saturated rings. The van der Waals surface area contributed by atoms with Gasteiger partial charge < -0.3 is 15.4 Å². The van der Waals surface area contributed by atoms with Gasteiger partial charge in [-0.25, -0.2) is 0 Å². The Bertz CT molecular complexity index is 540. The smallest absolute Gasteiger partial charge is 0.406 e. The summed E-state index contributed by atoms with van der Waals surface area (Å²) in [6.45, 7) is 3.13. The summed E-state index contributed by atoms with van der Waals surface area (Å²) in [7, 11) is 0. The maximum Gasteiger partial charge on any atom is 0.573 e. The van der Waals surface area contributed by atoms with Crippen LogP contribution in [0.3, 0.4) is 0 Å². The van der Waals surface area contributed by atoms with E-state index in [2.05, 4.69) is 15.4 Å². The second-order valence-corrected chi connectivity index (χ2v) is 5.77. The molecule has 0 aromatic heterocycles. The number of piperidine rings is 1. The number of halogens is 4. The van der Waals surface area contributed by atoms with Crippen LogP contribution in [0.25, 0.3) is 0 Å². The molecule has 1 heterocycles. The number of ether oxygens (including phenoxy) is 1. The van der Waals surface area contributed by atoms with Crippen molar-refractivity contribution in [2.24, 2.45) is 5.92 Å². The standard InChI is InChI=1S/C16H21F3N2O2.ClH/c1-11-10-13(7-8-20-11)15(22)21-9-6-12-4-2-3-5-14(12)23-16(17,18)19;/h2-5,11,13,20H,6-10H2,1H3,(H,21,22);1H/t11-,13-;/m0./s1. The molecular formula is C16H22ClF3N2O2. The third-order valence-corrected chi connectivity index (χ3v) is 3.89. The van der Waals surface area contributed by atoms with Gasteiger partial charge in [0.15, 0.2) is 0 Å². The molecule has 1 amide bonds. The molecule has 0 saturated carbocycles. The van der Waals surface area contributed by atoms with Gasteiger partial charge in [0.1, 0.15) is 5.75 Å². The highest BCUT2D eigenvalue weighted by molar-refractivity contribution is 5.85. The minimum atomic E-state index is -4.72. The molecule has 24 heavy (non-hydrogen) atoms. The summed E-state index contributed by atoms with van der Waals surface area (Å²) >= 11 is 0. The lowest BCUT2D eigenvalue weighted by molar-refractivity contribution is -0.274. The molecule has 2 N–H and O–H groups in total. The number of alkyl halides is 3. The van der Waals surface area contributed by atoms with Crippen LogP contribution in [0.1, 0.15) is 25.3 Å². The van der Waals surface area contributed by atoms with Gasteiger partial charge in [-0.2, -0.15) is 0 Å². The highest BCUT2D eigenvalue weighted by Crippen LogP contribution is 2.26. The van der Waals surface area contributed by atoms with E-state index in [0.717, 1.165) is 19.4 Å². The zero-order valence-electron chi connectivity index (χ0n) is 13.4. The first-order valence-electron chi connectivity index (χ1n) is 7.70. The van der Waals surface area contributed by atoms with E-state index >= 15 is 0 Å². The summed E-state index contributed by atoms with van der Waals surface area (Å²) in [6.07, 6.45) is -2.87. The van der Waals surface area contributed by atoms with Crippen LogP contribution in [0.2, 0.25) is 0 Å². The number of carbonyl (C=O) groups is 1. The van der Waals surface area contributed by atoms with E-state index in [1.807, 2.05) is 6.92 Å². The Morgan fingerprint density at radius 2 is 2.08 bits per heavy atom. The van der Waals surface area contributed by atoms with E-state index in [-0.39, 0.29) is 36.5 Å². The fraction of sp³-hybridized carbons (Fsp3) is 0.562. The van der Waals surface area contributed by atoms with Gasteiger partial charge in [0.25, 0.3) is 0 Å². The van der Waals surface area contributed by atoms with Crippen LogP contribution in [0.5, 0.6) is 5.75 Å². The van der Waals surface area contributed by atoms with Gasteiger partial charge in [-0.3, -0.25) is 4.79 Å². The summed E-state index contributed by atoms with van der Waals surface area (Å²) in [5.74, 6) is -0.287. The average Bonchev–Trinajstić information content (AvgIpc) is 2.47. The van der Waals surface area contributed by atoms with Crippen LogP contribution in [0.15, 0.2) is 24.3 Å². The lowest BCUT2D eigenvalue weighted by Crippen LogP contribution is -2.42. The lowest BCUT2D eigenvalue weighted by atomic mass is 9.92. The summed E-state index contributed by atoms with van der Waals surface area (Å²) in [5, 5.41) is 6.08. The molecule has 4 nitrogen and oxygen atoms in total. The minimum Gasteiger partial charge on any atom is -0.406 e. The minimum absolute atomic E-state index is 0. The Labute approximate surface area is 145 Å². The predicted octanol–water partition coefficient (Wildman–Crippen LogP) is 3.05. The van der Waals surface area contributed by atoms with Crippen LogP contribution in [0, 0.1) is 5.92 Å². The first-order chi connectivity index (χ1) is 10.8. The molecule has 2 atom stereocenters. The van der Waals surface area contributed by atoms with Gasteiger partial charge in [0.2, 0.25) is 5.91 Å². The molecular weight excluding hydrogens is 345 g/mol. The van der Waals surface area contributed by atoms with Gasteiger partial charge in [0.05, 0.1) is 0 Å². The predicted molar refractivity (Wildman–Crippen MR) is 87.3 cm³/mol. The highest BCUT2D eigenvalue weighted by Gasteiger charge is 2.32. The SMILES string of the molecule is C[C@H]1C[C@@H](C(=O)NCCc2ccccc2OC(F)(F)F)CCN1.Cl. The molecule has 1 aromatic carbocycles. The Kier molecular flexibility index (Phi) is 7.83. The summed E-state index contributed by atoms with van der Waals surface area (Å²) < 4.78 is 41.1. The van der Waals surface area contributed by atoms with Gasteiger partial charge in [-0.1, -0.05) is 18.2 Å². The van der Waals surface area contributed by atoms with E-state index in [1.54, 1.807) is 12.1 Å². The van der Waals surface area contributed by atoms with Crippen molar-refractivity contribution in [3.8, 4) is 5.75 Å². The topological polar surface area (TPSA) is 50.4 Å². The second-order valence-electron chi connectivity index (χ2n) is 5.77. The maximum atomic E-state index is 12.4. The normalized spacial score (nSPS) is 20.8. The number of benzene rings is 1. The Hall–Kier alpha value is -1.47. The fourth-order valence-electron chi connectivity index (χ4n) is 2.77. The van der Waals surface area contributed by atoms with Crippen molar-refractivity contribution >= 4 is 18.3 Å². The molecule has 136 valence electrons. The van der Waals surface area contributed by atoms with Crippen molar-refractivity contribution in [1.82, 2.24) is 10.6 Å². The van der Waals surface area contributed by atoms with Gasteiger partial charge in [0, 0.05) is 18.5 Å². The zero-order valence-corrected chi connectivity index (χ0v) is 14.2. The van der Waals surface area contributed by atoms with E-state index in [0.29, 0.717) is 18.0 Å². The van der Waals surface area contributed by atoms with E-state index in [9.17, 15) is 18.0 Å². The first-order valence-corrected chi connectivity index (χ1v) is 7.70. The molecule has 1 saturated heterocycles. The average molecular weight is 367 g/mol. The van der Waals surface area contributed by atoms with E-state index < -0.39 is 6.36 Å². The van der Waals surface area contributed by atoms with Crippen LogP contribution in [-0.2, 0) is 11.2 Å². The van der Waals surface area contributed by atoms with E-state index in [4.69, 9.17) is 0 Å². The van der Waals surface area contributed by atoms with Gasteiger partial charge in [-0.15, -0.1) is 25.6 Å². The number of hydrogen-bond donors (Lipinski definition) is 2. The van der Waals surface area contributed by atoms with Gasteiger partial charge in [-0.05, 0) is 44.4 Å². The molecule has 0 unspecified atom stereocenters. The summed E-state index contributed by atoms with van der Waals surface area (Å²) in [4.78, 5) is 12.1. The molecule has 1 aromatic rings. The molecule has 0 spiro atoms. The number of hydrogen-bond acceptors (Lipinski definition) is 3. The Balaban J connectivity index is 0.00000288. The Morgan fingerprint density at radius 3 is 2.75 bits per heavy atom. The summed E-state index contributed by atoms with van der Waals surface area (Å²) in [5.41, 5.74) is 0.420. The van der Waals surface area contributed by atoms with Crippen LogP contribution >= 0.6 is 12.4 Å². The zero-order chi connectivity index (χ0) is 16.9. The van der Waals surface area contributed by atoms with Crippen LogP contribution < -0.4 is 15.4 Å². The van der Waals surface area contributed by atoms with Crippen molar-refractivity contribution in [2.75, 3.05) is 13.1 Å². The lowest BCUT2D eigenvalue weighted by Gasteiger charge is -2.27. The second kappa shape index (κ2) is 9.13. The molecule has 1 aliphatic heterocycles. The third kappa shape index (κ3) is 6.57.